The molecule has 0 bridgehead atoms. The molecule has 1 aromatic rings. The number of esters is 1. The Labute approximate surface area is 143 Å². The molecular weight excluding hydrogens is 306 g/mol. The van der Waals surface area contributed by atoms with Crippen LogP contribution in [0.3, 0.4) is 0 Å². The van der Waals surface area contributed by atoms with Crippen LogP contribution in [0.5, 0.6) is 0 Å². The maximum atomic E-state index is 12.5. The lowest BCUT2D eigenvalue weighted by molar-refractivity contribution is -0.947. The molecule has 0 aromatic carbocycles. The molecule has 2 aliphatic rings. The molecule has 3 heterocycles. The van der Waals surface area contributed by atoms with Gasteiger partial charge in [0, 0.05) is 18.4 Å². The maximum absolute atomic E-state index is 12.5. The van der Waals surface area contributed by atoms with E-state index in [9.17, 15) is 9.59 Å². The number of fused-ring (bicyclic) bond motifs is 1. The Morgan fingerprint density at radius 3 is 2.75 bits per heavy atom. The summed E-state index contributed by atoms with van der Waals surface area (Å²) in [5.74, 6) is 0.403. The average molecular weight is 334 g/mol. The van der Waals surface area contributed by atoms with Crippen molar-refractivity contribution >= 4 is 5.97 Å². The number of ether oxygens (including phenoxy) is 1. The number of carbonyl (C=O) groups is 1. The smallest absolute Gasteiger partial charge is 0.341 e. The lowest BCUT2D eigenvalue weighted by atomic mass is 9.82. The van der Waals surface area contributed by atoms with Crippen molar-refractivity contribution in [2.45, 2.75) is 52.0 Å². The zero-order valence-electron chi connectivity index (χ0n) is 15.0. The summed E-state index contributed by atoms with van der Waals surface area (Å²) in [6, 6.07) is 1.95. The largest absolute Gasteiger partial charge is 0.461 e. The van der Waals surface area contributed by atoms with Crippen molar-refractivity contribution in [1.29, 1.82) is 0 Å². The molecule has 2 fully saturated rings. The van der Waals surface area contributed by atoms with Crippen LogP contribution in [0.4, 0.5) is 0 Å². The van der Waals surface area contributed by atoms with E-state index in [1.165, 1.54) is 44.8 Å². The SMILES string of the molecule is Cc1cc(=O)oc(C)c1C(=O)OC[C@H]1CCC[N+]2(C)CCCC[C@H]12. The molecule has 132 valence electrons. The van der Waals surface area contributed by atoms with Gasteiger partial charge in [-0.3, -0.25) is 0 Å². The second-order valence-corrected chi connectivity index (χ2v) is 7.67. The zero-order chi connectivity index (χ0) is 17.3. The Bertz CT molecular complexity index is 650. The highest BCUT2D eigenvalue weighted by Crippen LogP contribution is 2.36. The number of carbonyl (C=O) groups excluding carboxylic acids is 1. The number of piperidine rings is 2. The van der Waals surface area contributed by atoms with Gasteiger partial charge in [0.25, 0.3) is 0 Å². The maximum Gasteiger partial charge on any atom is 0.341 e. The molecule has 3 atom stereocenters. The van der Waals surface area contributed by atoms with Crippen LogP contribution in [-0.4, -0.2) is 43.2 Å². The summed E-state index contributed by atoms with van der Waals surface area (Å²) in [7, 11) is 2.36. The van der Waals surface area contributed by atoms with Gasteiger partial charge in [-0.2, -0.15) is 0 Å². The van der Waals surface area contributed by atoms with Crippen molar-refractivity contribution in [3.05, 3.63) is 33.4 Å². The van der Waals surface area contributed by atoms with Crippen LogP contribution in [0.25, 0.3) is 0 Å². The van der Waals surface area contributed by atoms with Crippen molar-refractivity contribution in [3.8, 4) is 0 Å². The monoisotopic (exact) mass is 334 g/mol. The number of aryl methyl sites for hydroxylation is 2. The van der Waals surface area contributed by atoms with Gasteiger partial charge in [0.1, 0.15) is 17.9 Å². The molecule has 0 N–H and O–H groups in total. The van der Waals surface area contributed by atoms with Crippen molar-refractivity contribution in [2.75, 3.05) is 26.7 Å². The van der Waals surface area contributed by atoms with Gasteiger partial charge in [-0.05, 0) is 45.1 Å². The highest BCUT2D eigenvalue weighted by molar-refractivity contribution is 5.91. The van der Waals surface area contributed by atoms with Crippen molar-refractivity contribution < 1.29 is 18.4 Å². The molecule has 2 aliphatic heterocycles. The Balaban J connectivity index is 1.69. The van der Waals surface area contributed by atoms with Crippen molar-refractivity contribution in [3.63, 3.8) is 0 Å². The normalized spacial score (nSPS) is 29.8. The quantitative estimate of drug-likeness (QED) is 0.630. The minimum atomic E-state index is -0.427. The van der Waals surface area contributed by atoms with Crippen LogP contribution >= 0.6 is 0 Å². The van der Waals surface area contributed by atoms with Gasteiger partial charge in [0.05, 0.1) is 26.2 Å². The van der Waals surface area contributed by atoms with E-state index in [0.717, 1.165) is 10.9 Å². The molecule has 0 spiro atoms. The summed E-state index contributed by atoms with van der Waals surface area (Å²) in [4.78, 5) is 23.9. The van der Waals surface area contributed by atoms with Gasteiger partial charge >= 0.3 is 11.6 Å². The highest BCUT2D eigenvalue weighted by Gasteiger charge is 2.43. The Morgan fingerprint density at radius 2 is 2.00 bits per heavy atom. The van der Waals surface area contributed by atoms with E-state index in [2.05, 4.69) is 7.05 Å². The molecule has 5 nitrogen and oxygen atoms in total. The summed E-state index contributed by atoms with van der Waals surface area (Å²) in [6.45, 7) is 6.35. The second-order valence-electron chi connectivity index (χ2n) is 7.67. The highest BCUT2D eigenvalue weighted by atomic mass is 16.5. The summed E-state index contributed by atoms with van der Waals surface area (Å²) in [5.41, 5.74) is 0.589. The minimum Gasteiger partial charge on any atom is -0.461 e. The third kappa shape index (κ3) is 3.27. The Kier molecular flexibility index (Phi) is 4.81. The van der Waals surface area contributed by atoms with Crippen LogP contribution < -0.4 is 5.63 Å². The predicted octanol–water partition coefficient (Wildman–Crippen LogP) is 2.82. The number of nitrogens with zero attached hydrogens (tertiary/aromatic N) is 1. The third-order valence-electron chi connectivity index (χ3n) is 5.97. The van der Waals surface area contributed by atoms with Gasteiger partial charge in [0.15, 0.2) is 0 Å². The molecule has 24 heavy (non-hydrogen) atoms. The summed E-state index contributed by atoms with van der Waals surface area (Å²) < 4.78 is 11.8. The van der Waals surface area contributed by atoms with Gasteiger partial charge in [-0.25, -0.2) is 9.59 Å². The van der Waals surface area contributed by atoms with E-state index < -0.39 is 5.63 Å². The van der Waals surface area contributed by atoms with Gasteiger partial charge in [-0.15, -0.1) is 0 Å². The molecule has 3 rings (SSSR count). The first kappa shape index (κ1) is 17.2. The summed E-state index contributed by atoms with van der Waals surface area (Å²) in [5, 5.41) is 0. The van der Waals surface area contributed by atoms with E-state index in [4.69, 9.17) is 9.15 Å². The summed E-state index contributed by atoms with van der Waals surface area (Å²) >= 11 is 0. The van der Waals surface area contributed by atoms with E-state index in [1.54, 1.807) is 13.8 Å². The van der Waals surface area contributed by atoms with Crippen LogP contribution in [0.2, 0.25) is 0 Å². The molecule has 1 unspecified atom stereocenters. The molecule has 0 amide bonds. The van der Waals surface area contributed by atoms with E-state index in [1.807, 2.05) is 0 Å². The van der Waals surface area contributed by atoms with Crippen LogP contribution in [-0.2, 0) is 4.74 Å². The molecule has 1 aromatic heterocycles. The number of hydrogen-bond donors (Lipinski definition) is 0. The minimum absolute atomic E-state index is 0.340. The van der Waals surface area contributed by atoms with E-state index in [0.29, 0.717) is 35.5 Å². The molecule has 0 saturated carbocycles. The van der Waals surface area contributed by atoms with E-state index >= 15 is 0 Å². The summed E-state index contributed by atoms with van der Waals surface area (Å²) in [6.07, 6.45) is 6.16. The van der Waals surface area contributed by atoms with Gasteiger partial charge < -0.3 is 13.6 Å². The first-order valence-electron chi connectivity index (χ1n) is 9.03. The first-order valence-corrected chi connectivity index (χ1v) is 9.03. The molecule has 2 saturated heterocycles. The van der Waals surface area contributed by atoms with Crippen LogP contribution in [0.15, 0.2) is 15.3 Å². The predicted molar refractivity (Wildman–Crippen MR) is 91.0 cm³/mol. The lowest BCUT2D eigenvalue weighted by Crippen LogP contribution is -2.61. The van der Waals surface area contributed by atoms with Gasteiger partial charge in [0.2, 0.25) is 0 Å². The van der Waals surface area contributed by atoms with E-state index in [-0.39, 0.29) is 5.97 Å². The fourth-order valence-corrected chi connectivity index (χ4v) is 4.75. The number of rotatable bonds is 3. The molecular formula is C19H28NO4+. The average Bonchev–Trinajstić information content (AvgIpc) is 2.51. The fourth-order valence-electron chi connectivity index (χ4n) is 4.75. The first-order chi connectivity index (χ1) is 11.4. The number of quaternary nitrogens is 1. The van der Waals surface area contributed by atoms with Crippen molar-refractivity contribution in [2.24, 2.45) is 5.92 Å². The molecule has 0 radical (unpaired) electrons. The standard InChI is InChI=1S/C19H28NO4/c1-13-11-17(21)24-14(2)18(13)19(22)23-12-15-7-6-10-20(3)9-5-4-8-16(15)20/h11,15-16H,4-10,12H2,1-3H3/q+1/t15-,16-,20?/m1/s1. The fraction of sp³-hybridized carbons (Fsp3) is 0.684. The Hall–Kier alpha value is -1.62. The topological polar surface area (TPSA) is 56.5 Å². The lowest BCUT2D eigenvalue weighted by Gasteiger charge is -2.51. The van der Waals surface area contributed by atoms with Crippen LogP contribution in [0, 0.1) is 19.8 Å². The van der Waals surface area contributed by atoms with Crippen LogP contribution in [0.1, 0.15) is 53.8 Å². The third-order valence-corrected chi connectivity index (χ3v) is 5.97. The molecule has 0 aliphatic carbocycles. The molecule has 5 heteroatoms. The zero-order valence-corrected chi connectivity index (χ0v) is 15.0. The number of hydrogen-bond acceptors (Lipinski definition) is 4. The van der Waals surface area contributed by atoms with Gasteiger partial charge in [-0.1, -0.05) is 0 Å². The Morgan fingerprint density at radius 1 is 1.25 bits per heavy atom. The second kappa shape index (κ2) is 6.71. The van der Waals surface area contributed by atoms with Crippen molar-refractivity contribution in [1.82, 2.24) is 0 Å².